The van der Waals surface area contributed by atoms with Gasteiger partial charge in [0.15, 0.2) is 5.78 Å². The Morgan fingerprint density at radius 2 is 2.08 bits per heavy atom. The van der Waals surface area contributed by atoms with Crippen LogP contribution >= 0.6 is 11.3 Å². The van der Waals surface area contributed by atoms with Gasteiger partial charge in [-0.1, -0.05) is 0 Å². The molecule has 128 valence electrons. The molecule has 0 radical (unpaired) electrons. The van der Waals surface area contributed by atoms with Crippen molar-refractivity contribution >= 4 is 23.0 Å². The molecule has 0 saturated carbocycles. The van der Waals surface area contributed by atoms with Crippen molar-refractivity contribution in [2.75, 3.05) is 6.54 Å². The van der Waals surface area contributed by atoms with Gasteiger partial charge in [0.05, 0.1) is 22.0 Å². The standard InChI is InChI=1S/C17H22N4O2S/c1-10-17(12(3)22)11(2)21(20-10)9-15(23)18-8-7-16-19-13-5-4-6-14(13)24-16/h4-9H2,1-3H3,(H,18,23). The van der Waals surface area contributed by atoms with Crippen LogP contribution in [-0.2, 0) is 30.6 Å². The van der Waals surface area contributed by atoms with Gasteiger partial charge >= 0.3 is 0 Å². The van der Waals surface area contributed by atoms with Crippen molar-refractivity contribution in [1.82, 2.24) is 20.1 Å². The Balaban J connectivity index is 1.52. The quantitative estimate of drug-likeness (QED) is 0.812. The third kappa shape index (κ3) is 3.40. The molecular weight excluding hydrogens is 324 g/mol. The minimum atomic E-state index is -0.0974. The second-order valence-corrected chi connectivity index (χ2v) is 7.36. The molecule has 0 spiro atoms. The largest absolute Gasteiger partial charge is 0.354 e. The SMILES string of the molecule is CC(=O)c1c(C)nn(CC(=O)NCCc2nc3c(s2)CCC3)c1C. The maximum Gasteiger partial charge on any atom is 0.241 e. The fourth-order valence-electron chi connectivity index (χ4n) is 3.21. The number of hydrogen-bond acceptors (Lipinski definition) is 5. The number of hydrogen-bond donors (Lipinski definition) is 1. The van der Waals surface area contributed by atoms with Gasteiger partial charge in [-0.3, -0.25) is 14.3 Å². The number of amides is 1. The number of nitrogens with zero attached hydrogens (tertiary/aromatic N) is 3. The normalized spacial score (nSPS) is 13.1. The summed E-state index contributed by atoms with van der Waals surface area (Å²) in [7, 11) is 0. The number of thiazole rings is 1. The highest BCUT2D eigenvalue weighted by atomic mass is 32.1. The molecule has 2 aromatic heterocycles. The number of carbonyl (C=O) groups excluding carboxylic acids is 2. The predicted octanol–water partition coefficient (Wildman–Crippen LogP) is 2.01. The van der Waals surface area contributed by atoms with Crippen LogP contribution in [0.5, 0.6) is 0 Å². The predicted molar refractivity (Wildman–Crippen MR) is 92.6 cm³/mol. The molecule has 0 unspecified atom stereocenters. The average molecular weight is 346 g/mol. The number of aromatic nitrogens is 3. The van der Waals surface area contributed by atoms with Crippen molar-refractivity contribution in [3.8, 4) is 0 Å². The van der Waals surface area contributed by atoms with Gasteiger partial charge in [-0.15, -0.1) is 11.3 Å². The Morgan fingerprint density at radius 3 is 2.75 bits per heavy atom. The third-order valence-electron chi connectivity index (χ3n) is 4.33. The molecule has 1 N–H and O–H groups in total. The summed E-state index contributed by atoms with van der Waals surface area (Å²) in [6.07, 6.45) is 4.22. The monoisotopic (exact) mass is 346 g/mol. The minimum absolute atomic E-state index is 0.0199. The van der Waals surface area contributed by atoms with Crippen LogP contribution in [0, 0.1) is 13.8 Å². The molecule has 0 aliphatic heterocycles. The van der Waals surface area contributed by atoms with Crippen LogP contribution in [0.3, 0.4) is 0 Å². The van der Waals surface area contributed by atoms with Crippen molar-refractivity contribution in [1.29, 1.82) is 0 Å². The number of ketones is 1. The zero-order valence-corrected chi connectivity index (χ0v) is 15.1. The van der Waals surface area contributed by atoms with Crippen LogP contribution in [0.2, 0.25) is 0 Å². The maximum atomic E-state index is 12.1. The van der Waals surface area contributed by atoms with E-state index in [0.29, 0.717) is 17.8 Å². The van der Waals surface area contributed by atoms with E-state index < -0.39 is 0 Å². The van der Waals surface area contributed by atoms with Crippen molar-refractivity contribution in [2.24, 2.45) is 0 Å². The first-order valence-corrected chi connectivity index (χ1v) is 9.06. The van der Waals surface area contributed by atoms with Crippen molar-refractivity contribution in [3.63, 3.8) is 0 Å². The summed E-state index contributed by atoms with van der Waals surface area (Å²) >= 11 is 1.77. The van der Waals surface area contributed by atoms with E-state index in [-0.39, 0.29) is 18.2 Å². The van der Waals surface area contributed by atoms with Gasteiger partial charge in [0.1, 0.15) is 6.54 Å². The zero-order valence-electron chi connectivity index (χ0n) is 14.3. The summed E-state index contributed by atoms with van der Waals surface area (Å²) in [5.41, 5.74) is 3.28. The Bertz CT molecular complexity index is 769. The van der Waals surface area contributed by atoms with Gasteiger partial charge < -0.3 is 5.32 Å². The summed E-state index contributed by atoms with van der Waals surface area (Å²) < 4.78 is 1.60. The molecule has 1 amide bonds. The van der Waals surface area contributed by atoms with Gasteiger partial charge in [-0.05, 0) is 40.0 Å². The van der Waals surface area contributed by atoms with Crippen LogP contribution in [0.4, 0.5) is 0 Å². The highest BCUT2D eigenvalue weighted by Gasteiger charge is 2.18. The topological polar surface area (TPSA) is 76.9 Å². The molecule has 3 rings (SSSR count). The second-order valence-electron chi connectivity index (χ2n) is 6.19. The smallest absolute Gasteiger partial charge is 0.241 e. The lowest BCUT2D eigenvalue weighted by molar-refractivity contribution is -0.121. The van der Waals surface area contributed by atoms with Crippen LogP contribution in [-0.4, -0.2) is 33.0 Å². The highest BCUT2D eigenvalue weighted by molar-refractivity contribution is 7.11. The van der Waals surface area contributed by atoms with Crippen molar-refractivity contribution in [3.05, 3.63) is 32.5 Å². The van der Waals surface area contributed by atoms with E-state index in [0.717, 1.165) is 30.0 Å². The Morgan fingerprint density at radius 1 is 1.29 bits per heavy atom. The molecule has 0 atom stereocenters. The molecule has 2 aromatic rings. The first-order valence-electron chi connectivity index (χ1n) is 8.24. The first kappa shape index (κ1) is 16.8. The number of Topliss-reactive ketones (excluding diaryl/α,β-unsaturated/α-hetero) is 1. The zero-order chi connectivity index (χ0) is 17.3. The van der Waals surface area contributed by atoms with Crippen LogP contribution in [0.1, 0.15) is 50.7 Å². The molecule has 0 bridgehead atoms. The number of aryl methyl sites for hydroxylation is 3. The highest BCUT2D eigenvalue weighted by Crippen LogP contribution is 2.27. The lowest BCUT2D eigenvalue weighted by Gasteiger charge is -2.06. The van der Waals surface area contributed by atoms with Gasteiger partial charge in [-0.25, -0.2) is 4.98 Å². The van der Waals surface area contributed by atoms with Crippen molar-refractivity contribution in [2.45, 2.75) is 53.0 Å². The summed E-state index contributed by atoms with van der Waals surface area (Å²) in [5.74, 6) is -0.117. The summed E-state index contributed by atoms with van der Waals surface area (Å²) in [5, 5.41) is 8.31. The summed E-state index contributed by atoms with van der Waals surface area (Å²) in [6, 6.07) is 0. The molecule has 7 heteroatoms. The van der Waals surface area contributed by atoms with E-state index in [1.165, 1.54) is 23.9 Å². The van der Waals surface area contributed by atoms with E-state index in [1.807, 2.05) is 6.92 Å². The molecule has 0 aromatic carbocycles. The van der Waals surface area contributed by atoms with Gasteiger partial charge in [0, 0.05) is 23.5 Å². The Kier molecular flexibility index (Phi) is 4.80. The fourth-order valence-corrected chi connectivity index (χ4v) is 4.37. The maximum absolute atomic E-state index is 12.1. The van der Waals surface area contributed by atoms with E-state index in [2.05, 4.69) is 15.4 Å². The lowest BCUT2D eigenvalue weighted by Crippen LogP contribution is -2.30. The van der Waals surface area contributed by atoms with Gasteiger partial charge in [0.25, 0.3) is 0 Å². The molecule has 0 fully saturated rings. The molecule has 6 nitrogen and oxygen atoms in total. The summed E-state index contributed by atoms with van der Waals surface area (Å²) in [4.78, 5) is 29.8. The van der Waals surface area contributed by atoms with E-state index in [9.17, 15) is 9.59 Å². The molecule has 0 saturated heterocycles. The Hall–Kier alpha value is -2.02. The van der Waals surface area contributed by atoms with E-state index in [1.54, 1.807) is 22.9 Å². The summed E-state index contributed by atoms with van der Waals surface area (Å²) in [6.45, 7) is 5.84. The fraction of sp³-hybridized carbons (Fsp3) is 0.529. The molecular formula is C17H22N4O2S. The number of rotatable bonds is 6. The number of carbonyl (C=O) groups is 2. The molecule has 1 aliphatic rings. The van der Waals surface area contributed by atoms with Crippen molar-refractivity contribution < 1.29 is 9.59 Å². The molecule has 1 aliphatic carbocycles. The van der Waals surface area contributed by atoms with E-state index >= 15 is 0 Å². The molecule has 2 heterocycles. The first-order chi connectivity index (χ1) is 11.5. The number of nitrogens with one attached hydrogen (secondary N) is 1. The van der Waals surface area contributed by atoms with Gasteiger partial charge in [-0.2, -0.15) is 5.10 Å². The second kappa shape index (κ2) is 6.84. The average Bonchev–Trinajstić information content (AvgIpc) is 3.13. The van der Waals surface area contributed by atoms with Crippen LogP contribution in [0.25, 0.3) is 0 Å². The van der Waals surface area contributed by atoms with Crippen LogP contribution in [0.15, 0.2) is 0 Å². The minimum Gasteiger partial charge on any atom is -0.354 e. The van der Waals surface area contributed by atoms with Crippen LogP contribution < -0.4 is 5.32 Å². The lowest BCUT2D eigenvalue weighted by atomic mass is 10.1. The van der Waals surface area contributed by atoms with Gasteiger partial charge in [0.2, 0.25) is 5.91 Å². The molecule has 24 heavy (non-hydrogen) atoms. The Labute approximate surface area is 145 Å². The number of fused-ring (bicyclic) bond motifs is 1. The third-order valence-corrected chi connectivity index (χ3v) is 5.55. The van der Waals surface area contributed by atoms with E-state index in [4.69, 9.17) is 0 Å².